The second-order valence-corrected chi connectivity index (χ2v) is 5.13. The van der Waals surface area contributed by atoms with Crippen molar-refractivity contribution in [1.82, 2.24) is 5.32 Å². The summed E-state index contributed by atoms with van der Waals surface area (Å²) < 4.78 is 10.6. The zero-order valence-corrected chi connectivity index (χ0v) is 13.1. The van der Waals surface area contributed by atoms with Crippen molar-refractivity contribution in [2.75, 3.05) is 14.2 Å². The molecule has 0 bridgehead atoms. The number of benzene rings is 1. The van der Waals surface area contributed by atoms with E-state index in [2.05, 4.69) is 5.32 Å². The number of amides is 1. The summed E-state index contributed by atoms with van der Waals surface area (Å²) >= 11 is 0. The minimum atomic E-state index is -1.09. The van der Waals surface area contributed by atoms with Crippen LogP contribution in [-0.4, -0.2) is 31.6 Å². The minimum Gasteiger partial charge on any atom is -0.497 e. The van der Waals surface area contributed by atoms with E-state index in [-0.39, 0.29) is 11.7 Å². The molecule has 0 atom stereocenters. The molecule has 5 heteroatoms. The molecule has 0 radical (unpaired) electrons. The van der Waals surface area contributed by atoms with Crippen LogP contribution in [-0.2, 0) is 9.53 Å². The Bertz CT molecular complexity index is 634. The highest BCUT2D eigenvalue weighted by molar-refractivity contribution is 6.03. The number of methoxy groups -OCH3 is 2. The van der Waals surface area contributed by atoms with Gasteiger partial charge in [0, 0.05) is 12.7 Å². The molecule has 22 heavy (non-hydrogen) atoms. The molecule has 0 unspecified atom stereocenters. The molecule has 1 aromatic carbocycles. The molecule has 0 fully saturated rings. The van der Waals surface area contributed by atoms with Gasteiger partial charge >= 0.3 is 0 Å². The van der Waals surface area contributed by atoms with Gasteiger partial charge in [0.1, 0.15) is 5.75 Å². The van der Waals surface area contributed by atoms with Gasteiger partial charge in [-0.15, -0.1) is 0 Å². The van der Waals surface area contributed by atoms with Crippen molar-refractivity contribution in [2.24, 2.45) is 0 Å². The van der Waals surface area contributed by atoms with Crippen molar-refractivity contribution < 1.29 is 19.1 Å². The number of allylic oxidation sites excluding steroid dienone is 2. The molecule has 2 rings (SSSR count). The van der Waals surface area contributed by atoms with E-state index < -0.39 is 5.72 Å². The zero-order valence-electron chi connectivity index (χ0n) is 13.1. The van der Waals surface area contributed by atoms with Crippen LogP contribution in [0.3, 0.4) is 0 Å². The largest absolute Gasteiger partial charge is 0.497 e. The number of hydrogen-bond acceptors (Lipinski definition) is 4. The normalized spacial score (nSPS) is 16.6. The maximum absolute atomic E-state index is 12.5. The third-order valence-corrected chi connectivity index (χ3v) is 3.78. The Hall–Kier alpha value is -2.40. The van der Waals surface area contributed by atoms with Crippen LogP contribution in [0.5, 0.6) is 5.75 Å². The van der Waals surface area contributed by atoms with Crippen LogP contribution in [0.1, 0.15) is 24.2 Å². The number of carbonyl (C=O) groups excluding carboxylic acids is 2. The van der Waals surface area contributed by atoms with Gasteiger partial charge in [0.15, 0.2) is 11.5 Å². The second-order valence-electron chi connectivity index (χ2n) is 5.13. The van der Waals surface area contributed by atoms with E-state index >= 15 is 0 Å². The van der Waals surface area contributed by atoms with Crippen LogP contribution >= 0.6 is 0 Å². The van der Waals surface area contributed by atoms with Gasteiger partial charge in [-0.3, -0.25) is 9.59 Å². The van der Waals surface area contributed by atoms with Crippen LogP contribution < -0.4 is 10.1 Å². The number of nitrogens with one attached hydrogen (secondary N) is 1. The Labute approximate surface area is 129 Å². The Kier molecular flexibility index (Phi) is 4.47. The summed E-state index contributed by atoms with van der Waals surface area (Å²) in [4.78, 5) is 24.1. The van der Waals surface area contributed by atoms with Crippen LogP contribution in [0.2, 0.25) is 0 Å². The fourth-order valence-electron chi connectivity index (χ4n) is 2.53. The van der Waals surface area contributed by atoms with Gasteiger partial charge in [0.05, 0.1) is 7.11 Å². The van der Waals surface area contributed by atoms with Crippen molar-refractivity contribution in [3.05, 3.63) is 53.1 Å². The lowest BCUT2D eigenvalue weighted by atomic mass is 9.89. The van der Waals surface area contributed by atoms with Crippen molar-refractivity contribution >= 4 is 11.7 Å². The quantitative estimate of drug-likeness (QED) is 0.866. The summed E-state index contributed by atoms with van der Waals surface area (Å²) in [6, 6.07) is 6.77. The molecule has 1 aromatic rings. The topological polar surface area (TPSA) is 64.6 Å². The van der Waals surface area contributed by atoms with Crippen molar-refractivity contribution in [2.45, 2.75) is 19.6 Å². The maximum atomic E-state index is 12.5. The lowest BCUT2D eigenvalue weighted by molar-refractivity contribution is -0.111. The summed E-state index contributed by atoms with van der Waals surface area (Å²) in [6.07, 6.45) is 2.93. The van der Waals surface area contributed by atoms with Gasteiger partial charge in [-0.25, -0.2) is 0 Å². The number of hydrogen-bond donors (Lipinski definition) is 1. The molecule has 0 aromatic heterocycles. The summed E-state index contributed by atoms with van der Waals surface area (Å²) in [5.74, 6) is 0.272. The van der Waals surface area contributed by atoms with Gasteiger partial charge in [-0.05, 0) is 61.4 Å². The van der Waals surface area contributed by atoms with Gasteiger partial charge in [-0.2, -0.15) is 0 Å². The molecule has 0 saturated heterocycles. The molecule has 5 nitrogen and oxygen atoms in total. The van der Waals surface area contributed by atoms with Gasteiger partial charge in [-0.1, -0.05) is 0 Å². The average molecular weight is 301 g/mol. The number of ketones is 1. The zero-order chi connectivity index (χ0) is 16.3. The van der Waals surface area contributed by atoms with Gasteiger partial charge in [0.2, 0.25) is 0 Å². The van der Waals surface area contributed by atoms with Crippen LogP contribution in [0.4, 0.5) is 0 Å². The molecule has 0 saturated carbocycles. The standard InChI is InChI=1S/C17H19NO4/c1-11-9-14(19)10-12(2)17(11,22-4)18-16(20)13-5-7-15(21-3)8-6-13/h5-10H,1-4H3,(H,18,20). The molecule has 0 heterocycles. The highest BCUT2D eigenvalue weighted by Crippen LogP contribution is 2.30. The summed E-state index contributed by atoms with van der Waals surface area (Å²) in [7, 11) is 3.06. The highest BCUT2D eigenvalue weighted by atomic mass is 16.5. The Morgan fingerprint density at radius 1 is 1.05 bits per heavy atom. The first kappa shape index (κ1) is 16.0. The molecular formula is C17H19NO4. The number of rotatable bonds is 4. The first-order valence-corrected chi connectivity index (χ1v) is 6.86. The van der Waals surface area contributed by atoms with Crippen LogP contribution in [0.15, 0.2) is 47.6 Å². The highest BCUT2D eigenvalue weighted by Gasteiger charge is 2.38. The molecule has 1 amide bonds. The van der Waals surface area contributed by atoms with Crippen molar-refractivity contribution in [1.29, 1.82) is 0 Å². The lowest BCUT2D eigenvalue weighted by Gasteiger charge is -2.37. The Balaban J connectivity index is 2.29. The predicted octanol–water partition coefficient (Wildman–Crippen LogP) is 2.24. The first-order chi connectivity index (χ1) is 10.4. The summed E-state index contributed by atoms with van der Waals surface area (Å²) in [5, 5.41) is 2.87. The Morgan fingerprint density at radius 2 is 1.59 bits per heavy atom. The molecule has 1 aliphatic rings. The van der Waals surface area contributed by atoms with E-state index in [0.717, 1.165) is 0 Å². The fraction of sp³-hybridized carbons (Fsp3) is 0.294. The molecule has 0 spiro atoms. The SMILES string of the molecule is COc1ccc(C(=O)NC2(OC)C(C)=CC(=O)C=C2C)cc1. The Morgan fingerprint density at radius 3 is 2.05 bits per heavy atom. The monoisotopic (exact) mass is 301 g/mol. The van der Waals surface area contributed by atoms with E-state index in [1.807, 2.05) is 0 Å². The lowest BCUT2D eigenvalue weighted by Crippen LogP contribution is -2.53. The minimum absolute atomic E-state index is 0.110. The van der Waals surface area contributed by atoms with E-state index in [9.17, 15) is 9.59 Å². The van der Waals surface area contributed by atoms with E-state index in [1.54, 1.807) is 45.2 Å². The molecule has 0 aliphatic heterocycles. The van der Waals surface area contributed by atoms with Crippen LogP contribution in [0.25, 0.3) is 0 Å². The van der Waals surface area contributed by atoms with E-state index in [1.165, 1.54) is 19.3 Å². The number of carbonyl (C=O) groups is 2. The summed E-state index contributed by atoms with van der Waals surface area (Å²) in [6.45, 7) is 3.51. The average Bonchev–Trinajstić information content (AvgIpc) is 2.51. The third-order valence-electron chi connectivity index (χ3n) is 3.78. The van der Waals surface area contributed by atoms with E-state index in [0.29, 0.717) is 22.5 Å². The third kappa shape index (κ3) is 2.80. The smallest absolute Gasteiger partial charge is 0.253 e. The second kappa shape index (κ2) is 6.15. The van der Waals surface area contributed by atoms with Crippen molar-refractivity contribution in [3.8, 4) is 5.75 Å². The maximum Gasteiger partial charge on any atom is 0.253 e. The predicted molar refractivity (Wildman–Crippen MR) is 82.7 cm³/mol. The molecular weight excluding hydrogens is 282 g/mol. The van der Waals surface area contributed by atoms with Crippen molar-refractivity contribution in [3.63, 3.8) is 0 Å². The number of ether oxygens (including phenoxy) is 2. The molecule has 1 aliphatic carbocycles. The fourth-order valence-corrected chi connectivity index (χ4v) is 2.53. The van der Waals surface area contributed by atoms with Crippen LogP contribution in [0, 0.1) is 0 Å². The molecule has 116 valence electrons. The molecule has 1 N–H and O–H groups in total. The van der Waals surface area contributed by atoms with Gasteiger partial charge < -0.3 is 14.8 Å². The van der Waals surface area contributed by atoms with Gasteiger partial charge in [0.25, 0.3) is 5.91 Å². The first-order valence-electron chi connectivity index (χ1n) is 6.86. The summed E-state index contributed by atoms with van der Waals surface area (Å²) in [5.41, 5.74) is 0.670. The van der Waals surface area contributed by atoms with E-state index in [4.69, 9.17) is 9.47 Å².